The molecule has 1 saturated carbocycles. The van der Waals surface area contributed by atoms with Crippen molar-refractivity contribution in [2.24, 2.45) is 0 Å². The second kappa shape index (κ2) is 17.8. The summed E-state index contributed by atoms with van der Waals surface area (Å²) in [6.07, 6.45) is -12.9. The number of phosphoric acid groups is 1. The predicted octanol–water partition coefficient (Wildman–Crippen LogP) is 0.610. The van der Waals surface area contributed by atoms with Crippen LogP contribution in [0.5, 0.6) is 0 Å². The lowest BCUT2D eigenvalue weighted by Crippen LogP contribution is -2.64. The van der Waals surface area contributed by atoms with E-state index in [1.165, 1.54) is 0 Å². The quantitative estimate of drug-likeness (QED) is 0.0978. The van der Waals surface area contributed by atoms with E-state index in [4.69, 9.17) is 32.3 Å². The molecule has 0 saturated heterocycles. The van der Waals surface area contributed by atoms with Crippen molar-refractivity contribution in [3.05, 3.63) is 0 Å². The van der Waals surface area contributed by atoms with Crippen molar-refractivity contribution in [3.8, 4) is 0 Å². The van der Waals surface area contributed by atoms with Crippen LogP contribution in [0.2, 0.25) is 0 Å². The minimum atomic E-state index is -5.16. The fourth-order valence-electron chi connectivity index (χ4n) is 3.57. The fraction of sp³-hybridized carbons (Fsp3) is 0.909. The number of aliphatic hydroxyl groups is 4. The van der Waals surface area contributed by atoms with Gasteiger partial charge in [0, 0.05) is 12.8 Å². The molecule has 0 amide bonds. The number of phosphoric ester groups is 1. The molecule has 8 atom stereocenters. The van der Waals surface area contributed by atoms with Gasteiger partial charge in [-0.25, -0.2) is 4.57 Å². The second-order valence-electron chi connectivity index (χ2n) is 8.80. The van der Waals surface area contributed by atoms with E-state index in [0.29, 0.717) is 12.8 Å². The molecule has 236 valence electrons. The number of carbonyl (C=O) groups excluding carboxylic acids is 2. The van der Waals surface area contributed by atoms with Crippen LogP contribution in [0.15, 0.2) is 0 Å². The molecule has 16 nitrogen and oxygen atoms in total. The van der Waals surface area contributed by atoms with Gasteiger partial charge in [0.05, 0.1) is 19.8 Å². The largest absolute Gasteiger partial charge is 0.472 e. The first-order valence-electron chi connectivity index (χ1n) is 13.0. The van der Waals surface area contributed by atoms with Gasteiger partial charge in [-0.05, 0) is 26.7 Å². The van der Waals surface area contributed by atoms with Crippen molar-refractivity contribution in [2.45, 2.75) is 96.1 Å². The van der Waals surface area contributed by atoms with E-state index < -0.39 is 89.6 Å². The van der Waals surface area contributed by atoms with Gasteiger partial charge in [0.1, 0.15) is 49.6 Å². The third-order valence-corrected chi connectivity index (χ3v) is 8.19. The molecular weight excluding hydrogens is 582 g/mol. The molecule has 0 aromatic carbocycles. The van der Waals surface area contributed by atoms with Crippen LogP contribution in [0.3, 0.4) is 0 Å². The number of hydrogen-bond acceptors (Lipinski definition) is 15. The highest BCUT2D eigenvalue weighted by molar-refractivity contribution is 7.53. The summed E-state index contributed by atoms with van der Waals surface area (Å²) >= 11 is 0. The van der Waals surface area contributed by atoms with Gasteiger partial charge in [0.25, 0.3) is 0 Å². The Labute approximate surface area is 232 Å². The molecule has 1 aliphatic carbocycles. The van der Waals surface area contributed by atoms with E-state index in [1.807, 2.05) is 0 Å². The molecule has 1 fully saturated rings. The van der Waals surface area contributed by atoms with Gasteiger partial charge in [0.15, 0.2) is 6.10 Å². The van der Waals surface area contributed by atoms with E-state index in [1.54, 1.807) is 27.7 Å². The Kier molecular flexibility index (Phi) is 16.5. The SMILES string of the molecule is CCCC(=O)OC[C@H](COP(=O)(O)O[C@@H]1[C@H](O)[C@H](OCP(=O)(OCC)OCC)[C@@H](O)[C@H](O)[C@H]1O)OC(=O)CCC. The van der Waals surface area contributed by atoms with Gasteiger partial charge < -0.3 is 48.6 Å². The highest BCUT2D eigenvalue weighted by Gasteiger charge is 2.53. The molecule has 5 N–H and O–H groups in total. The van der Waals surface area contributed by atoms with E-state index >= 15 is 0 Å². The molecule has 0 spiro atoms. The van der Waals surface area contributed by atoms with Crippen molar-refractivity contribution in [1.29, 1.82) is 0 Å². The number of esters is 2. The zero-order chi connectivity index (χ0) is 30.5. The number of carbonyl (C=O) groups is 2. The molecule has 1 unspecified atom stereocenters. The average molecular weight is 625 g/mol. The lowest BCUT2D eigenvalue weighted by Gasteiger charge is -2.43. The van der Waals surface area contributed by atoms with E-state index in [-0.39, 0.29) is 26.1 Å². The Morgan fingerprint density at radius 1 is 0.750 bits per heavy atom. The van der Waals surface area contributed by atoms with Crippen molar-refractivity contribution >= 4 is 27.4 Å². The number of rotatable bonds is 19. The molecule has 1 rings (SSSR count). The summed E-state index contributed by atoms with van der Waals surface area (Å²) in [7, 11) is -8.99. The first-order valence-corrected chi connectivity index (χ1v) is 16.2. The lowest BCUT2D eigenvalue weighted by molar-refractivity contribution is -0.229. The van der Waals surface area contributed by atoms with E-state index in [9.17, 15) is 44.0 Å². The zero-order valence-corrected chi connectivity index (χ0v) is 24.8. The molecule has 40 heavy (non-hydrogen) atoms. The summed E-state index contributed by atoms with van der Waals surface area (Å²) in [5, 5.41) is 41.6. The van der Waals surface area contributed by atoms with E-state index in [0.717, 1.165) is 0 Å². The number of aliphatic hydroxyl groups excluding tert-OH is 4. The summed E-state index contributed by atoms with van der Waals surface area (Å²) in [5.74, 6) is -1.27. The number of hydrogen-bond donors (Lipinski definition) is 5. The van der Waals surface area contributed by atoms with Crippen molar-refractivity contribution in [3.63, 3.8) is 0 Å². The standard InChI is InChI=1S/C22H42O16P2/c1-5-9-15(23)32-11-14(37-16(24)10-6-2)12-36-40(30,31)38-22-19(27)17(25)18(26)21(20(22)28)33-13-39(29,34-7-3)35-8-4/h14,17-22,25-28H,5-13H2,1-4H3,(H,30,31)/t14-,17+,18+,19-,20-,21-,22+/m1/s1. The van der Waals surface area contributed by atoms with Crippen molar-refractivity contribution in [2.75, 3.05) is 32.8 Å². The Balaban J connectivity index is 2.95. The molecule has 0 aromatic rings. The maximum atomic E-state index is 12.7. The molecular formula is C22H42O16P2. The Morgan fingerprint density at radius 2 is 1.30 bits per heavy atom. The topological polar surface area (TPSA) is 234 Å². The Hall–Kier alpha value is -1.00. The fourth-order valence-corrected chi connectivity index (χ4v) is 5.91. The molecule has 0 aliphatic heterocycles. The molecule has 0 heterocycles. The van der Waals surface area contributed by atoms with Crippen molar-refractivity contribution < 1.29 is 76.3 Å². The van der Waals surface area contributed by atoms with Gasteiger partial charge in [-0.1, -0.05) is 13.8 Å². The van der Waals surface area contributed by atoms with Crippen LogP contribution in [-0.4, -0.2) is 113 Å². The smallest absolute Gasteiger partial charge is 0.462 e. The van der Waals surface area contributed by atoms with Crippen molar-refractivity contribution in [1.82, 2.24) is 0 Å². The number of ether oxygens (including phenoxy) is 3. The van der Waals surface area contributed by atoms with Gasteiger partial charge in [-0.2, -0.15) is 0 Å². The second-order valence-corrected chi connectivity index (χ2v) is 12.2. The maximum Gasteiger partial charge on any atom is 0.472 e. The Morgan fingerprint density at radius 3 is 1.85 bits per heavy atom. The third kappa shape index (κ3) is 12.1. The summed E-state index contributed by atoms with van der Waals surface area (Å²) in [6, 6.07) is 0. The van der Waals surface area contributed by atoms with Gasteiger partial charge in [-0.15, -0.1) is 0 Å². The third-order valence-electron chi connectivity index (χ3n) is 5.44. The summed E-state index contributed by atoms with van der Waals surface area (Å²) in [5.41, 5.74) is 0. The lowest BCUT2D eigenvalue weighted by atomic mass is 9.85. The van der Waals surface area contributed by atoms with Gasteiger partial charge in [0.2, 0.25) is 0 Å². The molecule has 0 aromatic heterocycles. The summed E-state index contributed by atoms with van der Waals surface area (Å²) < 4.78 is 60.7. The molecule has 18 heteroatoms. The predicted molar refractivity (Wildman–Crippen MR) is 136 cm³/mol. The maximum absolute atomic E-state index is 12.7. The first kappa shape index (κ1) is 37.0. The Bertz CT molecular complexity index is 862. The van der Waals surface area contributed by atoms with Gasteiger partial charge >= 0.3 is 27.4 Å². The monoisotopic (exact) mass is 624 g/mol. The van der Waals surface area contributed by atoms with Gasteiger partial charge in [-0.3, -0.25) is 23.2 Å². The first-order chi connectivity index (χ1) is 18.7. The van der Waals surface area contributed by atoms with Crippen LogP contribution in [0.4, 0.5) is 0 Å². The van der Waals surface area contributed by atoms with Crippen LogP contribution in [0, 0.1) is 0 Å². The minimum Gasteiger partial charge on any atom is -0.462 e. The average Bonchev–Trinajstić information content (AvgIpc) is 2.87. The highest BCUT2D eigenvalue weighted by atomic mass is 31.2. The van der Waals surface area contributed by atoms with Crippen LogP contribution in [-0.2, 0) is 51.0 Å². The molecule has 0 radical (unpaired) electrons. The van der Waals surface area contributed by atoms with E-state index in [2.05, 4.69) is 0 Å². The van der Waals surface area contributed by atoms with Crippen LogP contribution in [0.25, 0.3) is 0 Å². The zero-order valence-electron chi connectivity index (χ0n) is 23.0. The molecule has 0 bridgehead atoms. The summed E-state index contributed by atoms with van der Waals surface area (Å²) in [4.78, 5) is 33.9. The van der Waals surface area contributed by atoms with Crippen LogP contribution >= 0.6 is 15.4 Å². The molecule has 1 aliphatic rings. The normalized spacial score (nSPS) is 27.5. The van der Waals surface area contributed by atoms with Crippen LogP contribution < -0.4 is 0 Å². The minimum absolute atomic E-state index is 0.0128. The highest BCUT2D eigenvalue weighted by Crippen LogP contribution is 2.50. The summed E-state index contributed by atoms with van der Waals surface area (Å²) in [6.45, 7) is 5.27. The van der Waals surface area contributed by atoms with Crippen LogP contribution in [0.1, 0.15) is 53.4 Å².